The average molecular weight is 366 g/mol. The van der Waals surface area contributed by atoms with Crippen LogP contribution in [0.2, 0.25) is 0 Å². The molecule has 4 nitrogen and oxygen atoms in total. The molecular weight excluding hydrogens is 345 g/mol. The third kappa shape index (κ3) is 6.74. The number of aryl methyl sites for hydroxylation is 1. The Hall–Kier alpha value is -2.57. The third-order valence-corrected chi connectivity index (χ3v) is 3.66. The minimum absolute atomic E-state index is 0.0746. The van der Waals surface area contributed by atoms with E-state index in [9.17, 15) is 18.0 Å². The Balaban J connectivity index is 1.63. The highest BCUT2D eigenvalue weighted by molar-refractivity contribution is 5.90. The highest BCUT2D eigenvalue weighted by Crippen LogP contribution is 2.31. The van der Waals surface area contributed by atoms with Crippen LogP contribution in [0.5, 0.6) is 5.75 Å². The first kappa shape index (κ1) is 19.8. The van der Waals surface area contributed by atoms with Crippen LogP contribution in [-0.4, -0.2) is 17.5 Å². The van der Waals surface area contributed by atoms with Gasteiger partial charge in [-0.25, -0.2) is 0 Å². The van der Waals surface area contributed by atoms with Crippen LogP contribution in [0.25, 0.3) is 0 Å². The second-order valence-corrected chi connectivity index (χ2v) is 5.92. The summed E-state index contributed by atoms with van der Waals surface area (Å²) in [5.41, 5.74) is 0.822. The number of carbonyl (C=O) groups is 1. The number of ether oxygens (including phenoxy) is 1. The first-order valence-electron chi connectivity index (χ1n) is 8.37. The Morgan fingerprint density at radius 3 is 2.69 bits per heavy atom. The maximum atomic E-state index is 12.6. The molecule has 0 saturated carbocycles. The number of aromatic nitrogens is 1. The van der Waals surface area contributed by atoms with Crippen molar-refractivity contribution < 1.29 is 22.7 Å². The van der Waals surface area contributed by atoms with Crippen molar-refractivity contribution in [3.8, 4) is 5.75 Å². The number of nitrogens with zero attached hydrogens (tertiary/aromatic N) is 1. The Labute approximate surface area is 150 Å². The van der Waals surface area contributed by atoms with E-state index in [1.54, 1.807) is 18.3 Å². The number of halogens is 3. The van der Waals surface area contributed by atoms with Crippen LogP contribution >= 0.6 is 0 Å². The lowest BCUT2D eigenvalue weighted by Gasteiger charge is -2.10. The summed E-state index contributed by atoms with van der Waals surface area (Å²) in [6.45, 7) is 2.16. The number of nitrogens with one attached hydrogen (secondary N) is 1. The van der Waals surface area contributed by atoms with E-state index >= 15 is 0 Å². The van der Waals surface area contributed by atoms with Gasteiger partial charge in [0.25, 0.3) is 0 Å². The highest BCUT2D eigenvalue weighted by atomic mass is 19.4. The smallest absolute Gasteiger partial charge is 0.416 e. The minimum Gasteiger partial charge on any atom is -0.494 e. The second-order valence-electron chi connectivity index (χ2n) is 5.92. The Morgan fingerprint density at radius 1 is 1.15 bits per heavy atom. The van der Waals surface area contributed by atoms with Crippen molar-refractivity contribution in [3.05, 3.63) is 53.9 Å². The molecule has 0 spiro atoms. The number of pyridine rings is 1. The zero-order valence-electron chi connectivity index (χ0n) is 14.5. The van der Waals surface area contributed by atoms with Crippen molar-refractivity contribution in [3.63, 3.8) is 0 Å². The summed E-state index contributed by atoms with van der Waals surface area (Å²) in [4.78, 5) is 15.9. The molecular formula is C19H21F3N2O2. The summed E-state index contributed by atoms with van der Waals surface area (Å²) in [5, 5.41) is 2.80. The number of hydrogen-bond acceptors (Lipinski definition) is 3. The fourth-order valence-electron chi connectivity index (χ4n) is 2.36. The molecule has 1 N–H and O–H groups in total. The van der Waals surface area contributed by atoms with Crippen LogP contribution in [0.4, 0.5) is 18.9 Å². The third-order valence-electron chi connectivity index (χ3n) is 3.66. The quantitative estimate of drug-likeness (QED) is 0.670. The summed E-state index contributed by atoms with van der Waals surface area (Å²) in [6.07, 6.45) is -0.261. The van der Waals surface area contributed by atoms with E-state index in [1.165, 1.54) is 12.1 Å². The normalized spacial score (nSPS) is 11.2. The lowest BCUT2D eigenvalue weighted by atomic mass is 10.2. The van der Waals surface area contributed by atoms with E-state index in [0.717, 1.165) is 29.9 Å². The topological polar surface area (TPSA) is 51.2 Å². The van der Waals surface area contributed by atoms with E-state index in [1.807, 2.05) is 6.92 Å². The van der Waals surface area contributed by atoms with Crippen molar-refractivity contribution >= 4 is 11.6 Å². The lowest BCUT2D eigenvalue weighted by molar-refractivity contribution is -0.137. The molecule has 0 fully saturated rings. The first-order chi connectivity index (χ1) is 12.3. The number of alkyl halides is 3. The van der Waals surface area contributed by atoms with Gasteiger partial charge in [-0.15, -0.1) is 0 Å². The first-order valence-corrected chi connectivity index (χ1v) is 8.37. The predicted octanol–water partition coefficient (Wildman–Crippen LogP) is 4.99. The number of amides is 1. The van der Waals surface area contributed by atoms with Gasteiger partial charge in [-0.1, -0.05) is 6.07 Å². The maximum absolute atomic E-state index is 12.6. The Morgan fingerprint density at radius 2 is 1.96 bits per heavy atom. The summed E-state index contributed by atoms with van der Waals surface area (Å²) in [5.74, 6) is 0.125. The van der Waals surface area contributed by atoms with E-state index in [0.29, 0.717) is 25.9 Å². The molecule has 1 aromatic heterocycles. The van der Waals surface area contributed by atoms with Crippen molar-refractivity contribution in [2.24, 2.45) is 0 Å². The van der Waals surface area contributed by atoms with Gasteiger partial charge in [0.1, 0.15) is 5.75 Å². The van der Waals surface area contributed by atoms with Gasteiger partial charge in [-0.3, -0.25) is 9.78 Å². The number of anilines is 1. The van der Waals surface area contributed by atoms with Crippen molar-refractivity contribution in [1.29, 1.82) is 0 Å². The number of benzene rings is 1. The number of rotatable bonds is 8. The van der Waals surface area contributed by atoms with E-state index < -0.39 is 11.7 Å². The van der Waals surface area contributed by atoms with Gasteiger partial charge in [0.2, 0.25) is 5.91 Å². The van der Waals surface area contributed by atoms with Gasteiger partial charge in [0, 0.05) is 24.0 Å². The summed E-state index contributed by atoms with van der Waals surface area (Å²) < 4.78 is 43.2. The van der Waals surface area contributed by atoms with E-state index in [2.05, 4.69) is 10.3 Å². The molecule has 0 atom stereocenters. The number of hydrogen-bond donors (Lipinski definition) is 1. The average Bonchev–Trinajstić information content (AvgIpc) is 2.57. The van der Waals surface area contributed by atoms with Crippen LogP contribution < -0.4 is 10.1 Å². The van der Waals surface area contributed by atoms with Crippen LogP contribution in [-0.2, 0) is 11.0 Å². The zero-order chi connectivity index (χ0) is 19.0. The van der Waals surface area contributed by atoms with E-state index in [-0.39, 0.29) is 11.7 Å². The molecule has 0 aliphatic rings. The molecule has 7 heteroatoms. The number of carbonyl (C=O) groups excluding carboxylic acids is 1. The lowest BCUT2D eigenvalue weighted by Crippen LogP contribution is -2.11. The molecule has 0 unspecified atom stereocenters. The van der Waals surface area contributed by atoms with Gasteiger partial charge in [-0.05, 0) is 56.5 Å². The van der Waals surface area contributed by atoms with Crippen LogP contribution in [0.15, 0.2) is 42.6 Å². The SMILES string of the molecule is Cc1cc(NC(=O)CCCCCOc2cccc(C(F)(F)F)c2)ccn1. The van der Waals surface area contributed by atoms with Gasteiger partial charge in [0.15, 0.2) is 0 Å². The summed E-state index contributed by atoms with van der Waals surface area (Å²) in [7, 11) is 0. The molecule has 140 valence electrons. The molecule has 0 saturated heterocycles. The molecule has 2 aromatic rings. The maximum Gasteiger partial charge on any atom is 0.416 e. The highest BCUT2D eigenvalue weighted by Gasteiger charge is 2.30. The second kappa shape index (κ2) is 9.22. The molecule has 2 rings (SSSR count). The molecule has 1 amide bonds. The molecule has 26 heavy (non-hydrogen) atoms. The largest absolute Gasteiger partial charge is 0.494 e. The van der Waals surface area contributed by atoms with Crippen LogP contribution in [0.1, 0.15) is 36.9 Å². The molecule has 0 radical (unpaired) electrons. The summed E-state index contributed by atoms with van der Waals surface area (Å²) in [6, 6.07) is 8.34. The fourth-order valence-corrected chi connectivity index (χ4v) is 2.36. The van der Waals surface area contributed by atoms with E-state index in [4.69, 9.17) is 4.74 Å². The summed E-state index contributed by atoms with van der Waals surface area (Å²) >= 11 is 0. The minimum atomic E-state index is -4.37. The Bertz CT molecular complexity index is 733. The standard InChI is InChI=1S/C19H21F3N2O2/c1-14-12-16(9-10-23-14)24-18(25)8-3-2-4-11-26-17-7-5-6-15(13-17)19(20,21)22/h5-7,9-10,12-13H,2-4,8,11H2,1H3,(H,23,24,25). The monoisotopic (exact) mass is 366 g/mol. The Kier molecular flexibility index (Phi) is 7.00. The van der Waals surface area contributed by atoms with Gasteiger partial charge >= 0.3 is 6.18 Å². The van der Waals surface area contributed by atoms with Crippen molar-refractivity contribution in [2.75, 3.05) is 11.9 Å². The fraction of sp³-hybridized carbons (Fsp3) is 0.368. The zero-order valence-corrected chi connectivity index (χ0v) is 14.5. The van der Waals surface area contributed by atoms with Crippen LogP contribution in [0.3, 0.4) is 0 Å². The van der Waals surface area contributed by atoms with Gasteiger partial charge in [-0.2, -0.15) is 13.2 Å². The van der Waals surface area contributed by atoms with Crippen molar-refractivity contribution in [2.45, 2.75) is 38.8 Å². The van der Waals surface area contributed by atoms with Gasteiger partial charge in [0.05, 0.1) is 12.2 Å². The molecule has 1 aromatic carbocycles. The van der Waals surface area contributed by atoms with Crippen molar-refractivity contribution in [1.82, 2.24) is 4.98 Å². The van der Waals surface area contributed by atoms with Crippen LogP contribution in [0, 0.1) is 6.92 Å². The molecule has 1 heterocycles. The molecule has 0 aliphatic heterocycles. The molecule has 0 aliphatic carbocycles. The molecule has 0 bridgehead atoms. The predicted molar refractivity (Wildman–Crippen MR) is 93.0 cm³/mol. The number of unbranched alkanes of at least 4 members (excludes halogenated alkanes) is 2. The van der Waals surface area contributed by atoms with Gasteiger partial charge < -0.3 is 10.1 Å².